The minimum absolute atomic E-state index is 0.00652. The second-order valence-electron chi connectivity index (χ2n) is 5.28. The maximum atomic E-state index is 11.8. The Kier molecular flexibility index (Phi) is 3.15. The average molecular weight is 248 g/mol. The van der Waals surface area contributed by atoms with Crippen molar-refractivity contribution < 1.29 is 4.79 Å². The van der Waals surface area contributed by atoms with E-state index in [-0.39, 0.29) is 11.3 Å². The number of carbonyl (C=O) groups is 1. The molecule has 0 atom stereocenters. The maximum absolute atomic E-state index is 11.8. The third-order valence-corrected chi connectivity index (χ3v) is 3.25. The Bertz CT molecular complexity index is 540. The molecular formula is C13H16N2OS. The number of pyridine rings is 1. The SMILES string of the molecule is CC(C)(C)CC(=O)Nc1nccc2ccsc12. The molecule has 0 saturated heterocycles. The summed E-state index contributed by atoms with van der Waals surface area (Å²) >= 11 is 1.60. The van der Waals surface area contributed by atoms with Gasteiger partial charge in [-0.3, -0.25) is 4.79 Å². The average Bonchev–Trinajstić information content (AvgIpc) is 2.63. The van der Waals surface area contributed by atoms with Gasteiger partial charge in [0.05, 0.1) is 4.70 Å². The molecule has 4 heteroatoms. The van der Waals surface area contributed by atoms with Crippen molar-refractivity contribution >= 4 is 33.1 Å². The van der Waals surface area contributed by atoms with Gasteiger partial charge in [0.1, 0.15) is 0 Å². The lowest BCUT2D eigenvalue weighted by Crippen LogP contribution is -2.20. The van der Waals surface area contributed by atoms with Gasteiger partial charge in [0.25, 0.3) is 0 Å². The van der Waals surface area contributed by atoms with Crippen molar-refractivity contribution in [2.45, 2.75) is 27.2 Å². The molecule has 2 rings (SSSR count). The number of thiophene rings is 1. The number of hydrogen-bond donors (Lipinski definition) is 1. The first-order chi connectivity index (χ1) is 7.96. The Hall–Kier alpha value is -1.42. The van der Waals surface area contributed by atoms with Crippen LogP contribution in [-0.2, 0) is 4.79 Å². The van der Waals surface area contributed by atoms with E-state index in [4.69, 9.17) is 0 Å². The molecule has 1 amide bonds. The molecule has 90 valence electrons. The van der Waals surface area contributed by atoms with Crippen molar-refractivity contribution in [1.29, 1.82) is 0 Å². The molecule has 0 unspecified atom stereocenters. The predicted octanol–water partition coefficient (Wildman–Crippen LogP) is 3.67. The lowest BCUT2D eigenvalue weighted by atomic mass is 9.92. The number of fused-ring (bicyclic) bond motifs is 1. The summed E-state index contributed by atoms with van der Waals surface area (Å²) in [6.07, 6.45) is 2.22. The van der Waals surface area contributed by atoms with Crippen LogP contribution in [0.15, 0.2) is 23.7 Å². The molecule has 2 aromatic heterocycles. The normalized spacial score (nSPS) is 11.7. The van der Waals surface area contributed by atoms with Crippen molar-refractivity contribution in [2.24, 2.45) is 5.41 Å². The molecule has 2 aromatic rings. The van der Waals surface area contributed by atoms with Crippen molar-refractivity contribution in [1.82, 2.24) is 4.98 Å². The summed E-state index contributed by atoms with van der Waals surface area (Å²) in [5, 5.41) is 6.02. The van der Waals surface area contributed by atoms with E-state index >= 15 is 0 Å². The van der Waals surface area contributed by atoms with Gasteiger partial charge < -0.3 is 5.32 Å². The Morgan fingerprint density at radius 3 is 2.88 bits per heavy atom. The first-order valence-electron chi connectivity index (χ1n) is 5.58. The summed E-state index contributed by atoms with van der Waals surface area (Å²) in [5.74, 6) is 0.692. The summed E-state index contributed by atoms with van der Waals surface area (Å²) in [7, 11) is 0. The van der Waals surface area contributed by atoms with Crippen molar-refractivity contribution in [3.05, 3.63) is 23.7 Å². The van der Waals surface area contributed by atoms with Gasteiger partial charge in [0.15, 0.2) is 5.82 Å². The van der Waals surface area contributed by atoms with E-state index in [1.54, 1.807) is 17.5 Å². The van der Waals surface area contributed by atoms with Crippen LogP contribution in [0.2, 0.25) is 0 Å². The highest BCUT2D eigenvalue weighted by Crippen LogP contribution is 2.27. The van der Waals surface area contributed by atoms with Crippen LogP contribution in [0.5, 0.6) is 0 Å². The van der Waals surface area contributed by atoms with Crippen LogP contribution < -0.4 is 5.32 Å². The smallest absolute Gasteiger partial charge is 0.226 e. The molecule has 0 bridgehead atoms. The van der Waals surface area contributed by atoms with Gasteiger partial charge in [-0.2, -0.15) is 0 Å². The summed E-state index contributed by atoms with van der Waals surface area (Å²) < 4.78 is 1.04. The van der Waals surface area contributed by atoms with E-state index in [1.165, 1.54) is 0 Å². The standard InChI is InChI=1S/C13H16N2OS/c1-13(2,3)8-10(16)15-12-11-9(4-6-14-12)5-7-17-11/h4-7H,8H2,1-3H3,(H,14,15,16). The lowest BCUT2D eigenvalue weighted by Gasteiger charge is -2.17. The number of rotatable bonds is 2. The van der Waals surface area contributed by atoms with E-state index in [9.17, 15) is 4.79 Å². The van der Waals surface area contributed by atoms with E-state index in [2.05, 4.69) is 10.3 Å². The zero-order valence-corrected chi connectivity index (χ0v) is 11.1. The molecule has 1 N–H and O–H groups in total. The Morgan fingerprint density at radius 1 is 1.41 bits per heavy atom. The van der Waals surface area contributed by atoms with Crippen molar-refractivity contribution in [3.63, 3.8) is 0 Å². The molecule has 0 saturated carbocycles. The molecule has 0 fully saturated rings. The van der Waals surface area contributed by atoms with Gasteiger partial charge in [-0.05, 0) is 28.3 Å². The highest BCUT2D eigenvalue weighted by Gasteiger charge is 2.17. The molecule has 0 aliphatic rings. The molecule has 0 aliphatic carbocycles. The molecular weight excluding hydrogens is 232 g/mol. The van der Waals surface area contributed by atoms with Crippen LogP contribution in [0.25, 0.3) is 10.1 Å². The maximum Gasteiger partial charge on any atom is 0.226 e. The van der Waals surface area contributed by atoms with Crippen LogP contribution in [0.3, 0.4) is 0 Å². The van der Waals surface area contributed by atoms with Crippen LogP contribution in [-0.4, -0.2) is 10.9 Å². The van der Waals surface area contributed by atoms with E-state index in [0.717, 1.165) is 10.1 Å². The largest absolute Gasteiger partial charge is 0.309 e. The minimum Gasteiger partial charge on any atom is -0.309 e. The summed E-state index contributed by atoms with van der Waals surface area (Å²) in [4.78, 5) is 16.1. The second-order valence-corrected chi connectivity index (χ2v) is 6.20. The Morgan fingerprint density at radius 2 is 2.18 bits per heavy atom. The number of anilines is 1. The summed E-state index contributed by atoms with van der Waals surface area (Å²) in [6, 6.07) is 3.98. The zero-order chi connectivity index (χ0) is 12.5. The third-order valence-electron chi connectivity index (χ3n) is 2.32. The first kappa shape index (κ1) is 12.0. The molecule has 17 heavy (non-hydrogen) atoms. The van der Waals surface area contributed by atoms with Gasteiger partial charge in [0, 0.05) is 12.6 Å². The zero-order valence-electron chi connectivity index (χ0n) is 10.3. The predicted molar refractivity (Wildman–Crippen MR) is 72.3 cm³/mol. The third kappa shape index (κ3) is 3.03. The number of aromatic nitrogens is 1. The second kappa shape index (κ2) is 4.45. The topological polar surface area (TPSA) is 42.0 Å². The summed E-state index contributed by atoms with van der Waals surface area (Å²) in [5.41, 5.74) is -0.00652. The number of hydrogen-bond acceptors (Lipinski definition) is 3. The highest BCUT2D eigenvalue weighted by atomic mass is 32.1. The first-order valence-corrected chi connectivity index (χ1v) is 6.46. The lowest BCUT2D eigenvalue weighted by molar-refractivity contribution is -0.117. The fourth-order valence-electron chi connectivity index (χ4n) is 1.64. The number of amides is 1. The fourth-order valence-corrected chi connectivity index (χ4v) is 2.48. The van der Waals surface area contributed by atoms with Crippen LogP contribution >= 0.6 is 11.3 Å². The molecule has 2 heterocycles. The summed E-state index contributed by atoms with van der Waals surface area (Å²) in [6.45, 7) is 6.14. The molecule has 3 nitrogen and oxygen atoms in total. The number of nitrogens with zero attached hydrogens (tertiary/aromatic N) is 1. The van der Waals surface area contributed by atoms with E-state index in [1.807, 2.05) is 38.3 Å². The molecule has 0 spiro atoms. The van der Waals surface area contributed by atoms with E-state index in [0.29, 0.717) is 12.2 Å². The van der Waals surface area contributed by atoms with Crippen LogP contribution in [0, 0.1) is 5.41 Å². The van der Waals surface area contributed by atoms with Crippen molar-refractivity contribution in [3.8, 4) is 0 Å². The van der Waals surface area contributed by atoms with Gasteiger partial charge in [0.2, 0.25) is 5.91 Å². The van der Waals surface area contributed by atoms with Crippen LogP contribution in [0.4, 0.5) is 5.82 Å². The quantitative estimate of drug-likeness (QED) is 0.881. The monoisotopic (exact) mass is 248 g/mol. The molecule has 0 radical (unpaired) electrons. The Balaban J connectivity index is 2.18. The Labute approximate surface area is 105 Å². The fraction of sp³-hybridized carbons (Fsp3) is 0.385. The number of nitrogens with one attached hydrogen (secondary N) is 1. The molecule has 0 aliphatic heterocycles. The van der Waals surface area contributed by atoms with Gasteiger partial charge in [-0.15, -0.1) is 11.3 Å². The highest BCUT2D eigenvalue weighted by molar-refractivity contribution is 7.17. The number of carbonyl (C=O) groups excluding carboxylic acids is 1. The minimum atomic E-state index is -0.00652. The van der Waals surface area contributed by atoms with Gasteiger partial charge in [-0.25, -0.2) is 4.98 Å². The molecule has 0 aromatic carbocycles. The van der Waals surface area contributed by atoms with Gasteiger partial charge in [-0.1, -0.05) is 20.8 Å². The van der Waals surface area contributed by atoms with Gasteiger partial charge >= 0.3 is 0 Å². The van der Waals surface area contributed by atoms with Crippen molar-refractivity contribution in [2.75, 3.05) is 5.32 Å². The van der Waals surface area contributed by atoms with E-state index < -0.39 is 0 Å². The van der Waals surface area contributed by atoms with Crippen LogP contribution in [0.1, 0.15) is 27.2 Å².